The van der Waals surface area contributed by atoms with Gasteiger partial charge in [-0.3, -0.25) is 0 Å². The largest absolute Gasteiger partial charge is 0.507 e. The Kier molecular flexibility index (Phi) is 5.75. The summed E-state index contributed by atoms with van der Waals surface area (Å²) in [6, 6.07) is 10.5. The maximum Gasteiger partial charge on any atom is 0.123 e. The minimum absolute atomic E-state index is 0.127. The molecule has 2 aromatic carbocycles. The van der Waals surface area contributed by atoms with E-state index < -0.39 is 0 Å². The summed E-state index contributed by atoms with van der Waals surface area (Å²) >= 11 is 0. The Morgan fingerprint density at radius 2 is 1.54 bits per heavy atom. The van der Waals surface area contributed by atoms with Crippen LogP contribution in [0.2, 0.25) is 0 Å². The fourth-order valence-corrected chi connectivity index (χ4v) is 3.57. The molecule has 0 atom stereocenters. The molecular weight excluding hydrogens is 318 g/mol. The third-order valence-corrected chi connectivity index (χ3v) is 4.88. The Balaban J connectivity index is 2.78. The third kappa shape index (κ3) is 4.23. The molecule has 0 aromatic heterocycles. The summed E-state index contributed by atoms with van der Waals surface area (Å²) in [6.45, 7) is 17.3. The highest BCUT2D eigenvalue weighted by atomic mass is 16.3. The molecule has 0 saturated carbocycles. The number of phenols is 1. The Labute approximate surface area is 159 Å². The third-order valence-electron chi connectivity index (χ3n) is 4.88. The summed E-state index contributed by atoms with van der Waals surface area (Å²) in [5.74, 6) is 0.462. The lowest BCUT2D eigenvalue weighted by Crippen LogP contribution is -2.20. The van der Waals surface area contributed by atoms with Gasteiger partial charge in [-0.1, -0.05) is 73.1 Å². The van der Waals surface area contributed by atoms with Gasteiger partial charge in [0.25, 0.3) is 0 Å². The molecule has 0 aliphatic rings. The van der Waals surface area contributed by atoms with Crippen LogP contribution in [0.4, 0.5) is 11.4 Å². The minimum Gasteiger partial charge on any atom is -0.507 e. The molecule has 0 bridgehead atoms. The van der Waals surface area contributed by atoms with Crippen LogP contribution in [0.3, 0.4) is 0 Å². The predicted octanol–water partition coefficient (Wildman–Crippen LogP) is 6.99. The zero-order valence-electron chi connectivity index (χ0n) is 17.7. The van der Waals surface area contributed by atoms with Crippen molar-refractivity contribution in [2.24, 2.45) is 0 Å². The molecule has 26 heavy (non-hydrogen) atoms. The highest BCUT2D eigenvalue weighted by molar-refractivity contribution is 5.72. The smallest absolute Gasteiger partial charge is 0.123 e. The van der Waals surface area contributed by atoms with E-state index in [2.05, 4.69) is 91.0 Å². The zero-order valence-corrected chi connectivity index (χ0v) is 17.7. The van der Waals surface area contributed by atoms with Gasteiger partial charge >= 0.3 is 0 Å². The molecule has 0 heterocycles. The van der Waals surface area contributed by atoms with Crippen LogP contribution in [-0.4, -0.2) is 5.11 Å². The van der Waals surface area contributed by atoms with Crippen molar-refractivity contribution < 1.29 is 5.11 Å². The second-order valence-electron chi connectivity index (χ2n) is 9.36. The second kappa shape index (κ2) is 7.34. The first kappa shape index (κ1) is 20.4. The minimum atomic E-state index is -0.128. The number of anilines is 2. The number of para-hydroxylation sites is 1. The van der Waals surface area contributed by atoms with E-state index in [0.717, 1.165) is 35.3 Å². The van der Waals surface area contributed by atoms with E-state index in [0.29, 0.717) is 5.75 Å². The molecular formula is C24H35NO. The first-order chi connectivity index (χ1) is 12.0. The van der Waals surface area contributed by atoms with E-state index in [4.69, 9.17) is 0 Å². The van der Waals surface area contributed by atoms with Crippen LogP contribution in [-0.2, 0) is 17.3 Å². The Hall–Kier alpha value is -1.96. The van der Waals surface area contributed by atoms with Crippen molar-refractivity contribution >= 4 is 11.4 Å². The summed E-state index contributed by atoms with van der Waals surface area (Å²) in [6.07, 6.45) is 1.98. The SMILES string of the molecule is CCCc1c(Nc2ccccc2C)cc(C(C)(C)C)c(O)c1C(C)(C)C. The topological polar surface area (TPSA) is 32.3 Å². The van der Waals surface area contributed by atoms with Gasteiger partial charge < -0.3 is 10.4 Å². The van der Waals surface area contributed by atoms with E-state index in [1.54, 1.807) is 0 Å². The van der Waals surface area contributed by atoms with Gasteiger partial charge in [0.15, 0.2) is 0 Å². The average Bonchev–Trinajstić information content (AvgIpc) is 2.49. The van der Waals surface area contributed by atoms with Gasteiger partial charge in [0, 0.05) is 22.5 Å². The zero-order chi connectivity index (χ0) is 19.7. The number of aryl methyl sites for hydroxylation is 1. The molecule has 142 valence electrons. The van der Waals surface area contributed by atoms with Crippen LogP contribution in [0, 0.1) is 6.92 Å². The Morgan fingerprint density at radius 1 is 0.923 bits per heavy atom. The highest BCUT2D eigenvalue weighted by Crippen LogP contribution is 2.45. The monoisotopic (exact) mass is 353 g/mol. The van der Waals surface area contributed by atoms with Gasteiger partial charge in [0.05, 0.1) is 0 Å². The number of hydrogen-bond acceptors (Lipinski definition) is 2. The number of phenolic OH excluding ortho intramolecular Hbond substituents is 1. The molecule has 0 aliphatic carbocycles. The molecule has 0 aliphatic heterocycles. The molecule has 0 amide bonds. The van der Waals surface area contributed by atoms with Crippen molar-refractivity contribution in [1.29, 1.82) is 0 Å². The predicted molar refractivity (Wildman–Crippen MR) is 114 cm³/mol. The van der Waals surface area contributed by atoms with E-state index in [1.165, 1.54) is 11.1 Å². The van der Waals surface area contributed by atoms with Crippen molar-refractivity contribution in [1.82, 2.24) is 0 Å². The summed E-state index contributed by atoms with van der Waals surface area (Å²) in [5.41, 5.74) is 6.51. The van der Waals surface area contributed by atoms with E-state index >= 15 is 0 Å². The number of nitrogens with one attached hydrogen (secondary N) is 1. The lowest BCUT2D eigenvalue weighted by molar-refractivity contribution is 0.421. The van der Waals surface area contributed by atoms with Crippen LogP contribution in [0.15, 0.2) is 30.3 Å². The Bertz CT molecular complexity index is 776. The standard InChI is InChI=1S/C24H35NO/c1-9-12-17-20(25-19-14-11-10-13-16(19)2)15-18(23(3,4)5)22(26)21(17)24(6,7)8/h10-11,13-15,25-26H,9,12H2,1-8H3. The molecule has 0 unspecified atom stereocenters. The molecule has 2 aromatic rings. The van der Waals surface area contributed by atoms with Crippen LogP contribution in [0.25, 0.3) is 0 Å². The van der Waals surface area contributed by atoms with Gasteiger partial charge in [0.1, 0.15) is 5.75 Å². The number of aromatic hydroxyl groups is 1. The summed E-state index contributed by atoms with van der Waals surface area (Å²) < 4.78 is 0. The quantitative estimate of drug-likeness (QED) is 0.580. The number of hydrogen-bond donors (Lipinski definition) is 2. The van der Waals surface area contributed by atoms with Crippen molar-refractivity contribution in [3.63, 3.8) is 0 Å². The van der Waals surface area contributed by atoms with Crippen molar-refractivity contribution in [2.45, 2.75) is 79.1 Å². The van der Waals surface area contributed by atoms with Crippen LogP contribution < -0.4 is 5.32 Å². The van der Waals surface area contributed by atoms with Gasteiger partial charge in [-0.05, 0) is 47.4 Å². The Morgan fingerprint density at radius 3 is 2.04 bits per heavy atom. The van der Waals surface area contributed by atoms with Gasteiger partial charge in [-0.2, -0.15) is 0 Å². The van der Waals surface area contributed by atoms with E-state index in [-0.39, 0.29) is 10.8 Å². The lowest BCUT2D eigenvalue weighted by atomic mass is 9.76. The number of benzene rings is 2. The van der Waals surface area contributed by atoms with Crippen molar-refractivity contribution in [3.8, 4) is 5.75 Å². The fraction of sp³-hybridized carbons (Fsp3) is 0.500. The van der Waals surface area contributed by atoms with Gasteiger partial charge in [-0.15, -0.1) is 0 Å². The van der Waals surface area contributed by atoms with Gasteiger partial charge in [0.2, 0.25) is 0 Å². The average molecular weight is 354 g/mol. The lowest BCUT2D eigenvalue weighted by Gasteiger charge is -2.32. The maximum absolute atomic E-state index is 11.2. The maximum atomic E-state index is 11.2. The fourth-order valence-electron chi connectivity index (χ4n) is 3.57. The molecule has 0 radical (unpaired) electrons. The normalized spacial score (nSPS) is 12.3. The number of rotatable bonds is 4. The van der Waals surface area contributed by atoms with Crippen LogP contribution >= 0.6 is 0 Å². The molecule has 0 saturated heterocycles. The summed E-state index contributed by atoms with van der Waals surface area (Å²) in [7, 11) is 0. The molecule has 2 rings (SSSR count). The molecule has 0 fully saturated rings. The van der Waals surface area contributed by atoms with Crippen molar-refractivity contribution in [2.75, 3.05) is 5.32 Å². The molecule has 2 N–H and O–H groups in total. The molecule has 0 spiro atoms. The van der Waals surface area contributed by atoms with Gasteiger partial charge in [-0.25, -0.2) is 0 Å². The van der Waals surface area contributed by atoms with Crippen molar-refractivity contribution in [3.05, 3.63) is 52.6 Å². The summed E-state index contributed by atoms with van der Waals surface area (Å²) in [5, 5.41) is 14.9. The van der Waals surface area contributed by atoms with E-state index in [1.807, 2.05) is 0 Å². The first-order valence-corrected chi connectivity index (χ1v) is 9.69. The van der Waals surface area contributed by atoms with Crippen LogP contribution in [0.5, 0.6) is 5.75 Å². The van der Waals surface area contributed by atoms with Crippen LogP contribution in [0.1, 0.15) is 77.1 Å². The molecule has 2 nitrogen and oxygen atoms in total. The first-order valence-electron chi connectivity index (χ1n) is 9.69. The molecule has 2 heteroatoms. The highest BCUT2D eigenvalue weighted by Gasteiger charge is 2.30. The van der Waals surface area contributed by atoms with E-state index in [9.17, 15) is 5.11 Å². The summed E-state index contributed by atoms with van der Waals surface area (Å²) in [4.78, 5) is 0. The second-order valence-corrected chi connectivity index (χ2v) is 9.36.